The van der Waals surface area contributed by atoms with Crippen LogP contribution < -0.4 is 16.0 Å². The third kappa shape index (κ3) is 5.41. The Morgan fingerprint density at radius 1 is 1.29 bits per heavy atom. The minimum Gasteiger partial charge on any atom is -0.370 e. The number of anilines is 1. The second kappa shape index (κ2) is 7.61. The average molecular weight is 290 g/mol. The molecule has 1 fully saturated rings. The number of nitrogens with one attached hydrogen (secondary N) is 3. The molecule has 1 aliphatic rings. The highest BCUT2D eigenvalue weighted by molar-refractivity contribution is 5.94. The summed E-state index contributed by atoms with van der Waals surface area (Å²) >= 11 is 0. The number of hydrogen-bond acceptors (Lipinski definition) is 4. The Balaban J connectivity index is 1.70. The third-order valence-electron chi connectivity index (χ3n) is 3.16. The van der Waals surface area contributed by atoms with E-state index < -0.39 is 0 Å². The molecule has 3 N–H and O–H groups in total. The van der Waals surface area contributed by atoms with Crippen LogP contribution >= 0.6 is 0 Å². The molecule has 21 heavy (non-hydrogen) atoms. The maximum atomic E-state index is 11.9. The Morgan fingerprint density at radius 3 is 2.71 bits per heavy atom. The van der Waals surface area contributed by atoms with Crippen molar-refractivity contribution in [2.75, 3.05) is 18.4 Å². The molecule has 0 aromatic carbocycles. The number of carbonyl (C=O) groups is 2. The van der Waals surface area contributed by atoms with Gasteiger partial charge in [0, 0.05) is 31.7 Å². The molecule has 2 amide bonds. The van der Waals surface area contributed by atoms with Gasteiger partial charge in [-0.15, -0.1) is 0 Å². The highest BCUT2D eigenvalue weighted by Gasteiger charge is 2.22. The van der Waals surface area contributed by atoms with Gasteiger partial charge in [0.15, 0.2) is 0 Å². The van der Waals surface area contributed by atoms with Crippen molar-refractivity contribution in [3.05, 3.63) is 23.9 Å². The molecule has 0 atom stereocenters. The van der Waals surface area contributed by atoms with Crippen molar-refractivity contribution in [1.29, 1.82) is 0 Å². The molecule has 1 aromatic rings. The topological polar surface area (TPSA) is 83.1 Å². The molecule has 6 nitrogen and oxygen atoms in total. The van der Waals surface area contributed by atoms with Gasteiger partial charge in [0.25, 0.3) is 5.91 Å². The first kappa shape index (κ1) is 15.3. The van der Waals surface area contributed by atoms with Crippen LogP contribution in [0.4, 0.5) is 5.82 Å². The number of amides is 2. The highest BCUT2D eigenvalue weighted by Crippen LogP contribution is 2.18. The second-order valence-electron chi connectivity index (χ2n) is 5.21. The monoisotopic (exact) mass is 290 g/mol. The Kier molecular flexibility index (Phi) is 5.54. The summed E-state index contributed by atoms with van der Waals surface area (Å²) in [5, 5.41) is 8.76. The normalized spacial score (nSPS) is 13.6. The summed E-state index contributed by atoms with van der Waals surface area (Å²) < 4.78 is 0. The van der Waals surface area contributed by atoms with Crippen LogP contribution in [-0.2, 0) is 4.79 Å². The fourth-order valence-corrected chi connectivity index (χ4v) is 1.80. The van der Waals surface area contributed by atoms with E-state index in [1.54, 1.807) is 12.1 Å². The van der Waals surface area contributed by atoms with Gasteiger partial charge in [0.1, 0.15) is 5.82 Å². The smallest absolute Gasteiger partial charge is 0.252 e. The number of carbonyl (C=O) groups excluding carboxylic acids is 2. The number of nitrogens with zero attached hydrogens (tertiary/aromatic N) is 1. The number of rotatable bonds is 8. The van der Waals surface area contributed by atoms with Crippen molar-refractivity contribution >= 4 is 17.6 Å². The quantitative estimate of drug-likeness (QED) is 0.674. The van der Waals surface area contributed by atoms with Gasteiger partial charge in [0.2, 0.25) is 5.91 Å². The first-order valence-electron chi connectivity index (χ1n) is 7.46. The van der Waals surface area contributed by atoms with Gasteiger partial charge < -0.3 is 16.0 Å². The minimum atomic E-state index is -0.205. The van der Waals surface area contributed by atoms with Gasteiger partial charge in [0.05, 0.1) is 5.56 Å². The molecule has 0 saturated heterocycles. The zero-order valence-electron chi connectivity index (χ0n) is 12.3. The molecule has 0 spiro atoms. The van der Waals surface area contributed by atoms with E-state index in [4.69, 9.17) is 0 Å². The molecule has 0 radical (unpaired) electrons. The average Bonchev–Trinajstić information content (AvgIpc) is 3.29. The summed E-state index contributed by atoms with van der Waals surface area (Å²) in [7, 11) is 0. The van der Waals surface area contributed by atoms with Crippen LogP contribution in [0.15, 0.2) is 18.3 Å². The Bertz CT molecular complexity index is 483. The van der Waals surface area contributed by atoms with Crippen molar-refractivity contribution < 1.29 is 9.59 Å². The zero-order valence-corrected chi connectivity index (χ0v) is 12.3. The predicted molar refractivity (Wildman–Crippen MR) is 81.1 cm³/mol. The van der Waals surface area contributed by atoms with Crippen LogP contribution in [0.5, 0.6) is 0 Å². The highest BCUT2D eigenvalue weighted by atomic mass is 16.2. The van der Waals surface area contributed by atoms with Gasteiger partial charge in [-0.05, 0) is 31.4 Å². The molecule has 1 aliphatic carbocycles. The van der Waals surface area contributed by atoms with Gasteiger partial charge >= 0.3 is 0 Å². The standard InChI is InChI=1S/C15H22N4O2/c1-2-8-16-13-6-3-11(10-18-13)15(21)17-9-7-14(20)19-12-4-5-12/h3,6,10,12H,2,4-5,7-9H2,1H3,(H,16,18)(H,17,21)(H,19,20). The first-order chi connectivity index (χ1) is 10.2. The van der Waals surface area contributed by atoms with Crippen molar-refractivity contribution in [2.24, 2.45) is 0 Å². The molecular formula is C15H22N4O2. The molecule has 0 aliphatic heterocycles. The Labute approximate surface area is 124 Å². The Morgan fingerprint density at radius 2 is 2.10 bits per heavy atom. The van der Waals surface area contributed by atoms with E-state index in [2.05, 4.69) is 27.9 Å². The SMILES string of the molecule is CCCNc1ccc(C(=O)NCCC(=O)NC2CC2)cn1. The summed E-state index contributed by atoms with van der Waals surface area (Å²) in [6.07, 6.45) is 5.01. The largest absolute Gasteiger partial charge is 0.370 e. The summed E-state index contributed by atoms with van der Waals surface area (Å²) in [4.78, 5) is 27.5. The predicted octanol–water partition coefficient (Wildman–Crippen LogP) is 1.30. The van der Waals surface area contributed by atoms with Crippen molar-refractivity contribution in [1.82, 2.24) is 15.6 Å². The lowest BCUT2D eigenvalue weighted by Gasteiger charge is -2.07. The lowest BCUT2D eigenvalue weighted by atomic mass is 10.2. The van der Waals surface area contributed by atoms with E-state index in [1.807, 2.05) is 0 Å². The van der Waals surface area contributed by atoms with Crippen molar-refractivity contribution in [3.8, 4) is 0 Å². The first-order valence-corrected chi connectivity index (χ1v) is 7.46. The van der Waals surface area contributed by atoms with E-state index >= 15 is 0 Å². The van der Waals surface area contributed by atoms with Gasteiger partial charge in [-0.2, -0.15) is 0 Å². The third-order valence-corrected chi connectivity index (χ3v) is 3.16. The van der Waals surface area contributed by atoms with E-state index in [9.17, 15) is 9.59 Å². The fourth-order valence-electron chi connectivity index (χ4n) is 1.80. The van der Waals surface area contributed by atoms with Gasteiger partial charge in [-0.1, -0.05) is 6.92 Å². The van der Waals surface area contributed by atoms with E-state index in [-0.39, 0.29) is 11.8 Å². The molecule has 0 unspecified atom stereocenters. The summed E-state index contributed by atoms with van der Waals surface area (Å²) in [5.41, 5.74) is 0.500. The van der Waals surface area contributed by atoms with Crippen LogP contribution in [-0.4, -0.2) is 35.9 Å². The van der Waals surface area contributed by atoms with Crippen LogP contribution in [0, 0.1) is 0 Å². The van der Waals surface area contributed by atoms with Gasteiger partial charge in [-0.3, -0.25) is 9.59 Å². The lowest BCUT2D eigenvalue weighted by Crippen LogP contribution is -2.31. The fraction of sp³-hybridized carbons (Fsp3) is 0.533. The lowest BCUT2D eigenvalue weighted by molar-refractivity contribution is -0.121. The molecular weight excluding hydrogens is 268 g/mol. The number of pyridine rings is 1. The molecule has 0 bridgehead atoms. The van der Waals surface area contributed by atoms with E-state index in [0.29, 0.717) is 24.6 Å². The second-order valence-corrected chi connectivity index (χ2v) is 5.21. The molecule has 6 heteroatoms. The summed E-state index contributed by atoms with van der Waals surface area (Å²) in [5.74, 6) is 0.552. The van der Waals surface area contributed by atoms with Crippen LogP contribution in [0.3, 0.4) is 0 Å². The van der Waals surface area contributed by atoms with E-state index in [1.165, 1.54) is 6.20 Å². The van der Waals surface area contributed by atoms with Crippen LogP contribution in [0.1, 0.15) is 43.0 Å². The van der Waals surface area contributed by atoms with Crippen LogP contribution in [0.2, 0.25) is 0 Å². The Hall–Kier alpha value is -2.11. The molecule has 1 aromatic heterocycles. The molecule has 2 rings (SSSR count). The van der Waals surface area contributed by atoms with Crippen molar-refractivity contribution in [3.63, 3.8) is 0 Å². The minimum absolute atomic E-state index is 0.00459. The van der Waals surface area contributed by atoms with Crippen LogP contribution in [0.25, 0.3) is 0 Å². The summed E-state index contributed by atoms with van der Waals surface area (Å²) in [6.45, 7) is 3.27. The molecule has 1 heterocycles. The zero-order chi connectivity index (χ0) is 15.1. The molecule has 114 valence electrons. The maximum absolute atomic E-state index is 11.9. The van der Waals surface area contributed by atoms with Crippen molar-refractivity contribution in [2.45, 2.75) is 38.6 Å². The number of aromatic nitrogens is 1. The summed E-state index contributed by atoms with van der Waals surface area (Å²) in [6, 6.07) is 3.87. The molecule has 1 saturated carbocycles. The maximum Gasteiger partial charge on any atom is 0.252 e. The van der Waals surface area contributed by atoms with E-state index in [0.717, 1.165) is 31.6 Å². The number of hydrogen-bond donors (Lipinski definition) is 3. The van der Waals surface area contributed by atoms with Gasteiger partial charge in [-0.25, -0.2) is 4.98 Å².